The minimum absolute atomic E-state index is 0.149. The molecule has 0 unspecified atom stereocenters. The molecule has 7 nitrogen and oxygen atoms in total. The molecule has 1 N–H and O–H groups in total. The number of hydrogen-bond donors (Lipinski definition) is 1. The van der Waals surface area contributed by atoms with Gasteiger partial charge >= 0.3 is 5.97 Å². The Labute approximate surface area is 162 Å². The minimum atomic E-state index is -0.149. The Kier molecular flexibility index (Phi) is 8.74. The van der Waals surface area contributed by atoms with Crippen molar-refractivity contribution in [3.8, 4) is 5.75 Å². The maximum Gasteiger partial charge on any atom is 0.305 e. The molecule has 2 rings (SSSR count). The van der Waals surface area contributed by atoms with Crippen molar-refractivity contribution in [1.29, 1.82) is 0 Å². The molecule has 0 bridgehead atoms. The first-order valence-corrected chi connectivity index (χ1v) is 9.75. The molecule has 0 amide bonds. The van der Waals surface area contributed by atoms with Crippen molar-refractivity contribution < 1.29 is 14.3 Å². The minimum Gasteiger partial charge on any atom is -0.497 e. The molecule has 1 saturated heterocycles. The van der Waals surface area contributed by atoms with Crippen molar-refractivity contribution >= 4 is 17.6 Å². The van der Waals surface area contributed by atoms with Crippen molar-refractivity contribution in [1.82, 2.24) is 10.2 Å². The zero-order valence-electron chi connectivity index (χ0n) is 16.7. The fourth-order valence-electron chi connectivity index (χ4n) is 3.05. The number of piperazine rings is 1. The maximum absolute atomic E-state index is 11.4. The molecular weight excluding hydrogens is 344 g/mol. The molecular formula is C20H32N4O3. The summed E-state index contributed by atoms with van der Waals surface area (Å²) in [6, 6.07) is 8.18. The Bertz CT molecular complexity index is 613. The first-order chi connectivity index (χ1) is 13.2. The topological polar surface area (TPSA) is 66.4 Å². The molecule has 0 spiro atoms. The first-order valence-electron chi connectivity index (χ1n) is 9.75. The zero-order chi connectivity index (χ0) is 19.5. The Morgan fingerprint density at radius 2 is 2.00 bits per heavy atom. The molecule has 0 radical (unpaired) electrons. The first kappa shape index (κ1) is 20.9. The number of nitrogens with zero attached hydrogens (tertiary/aromatic N) is 3. The Morgan fingerprint density at radius 1 is 1.22 bits per heavy atom. The predicted molar refractivity (Wildman–Crippen MR) is 109 cm³/mol. The second-order valence-electron chi connectivity index (χ2n) is 6.32. The van der Waals surface area contributed by atoms with Crippen molar-refractivity contribution in [2.45, 2.75) is 26.7 Å². The second kappa shape index (κ2) is 11.3. The standard InChI is InChI=1S/C20H32N4O3/c1-4-21-20(22-11-7-10-19(25)27-5-2)24-14-12-23(13-15-24)17-8-6-9-18(16-17)26-3/h6,8-9,16H,4-5,7,10-15H2,1-3H3,(H,21,22). The normalized spacial score (nSPS) is 14.9. The number of guanidine groups is 1. The third kappa shape index (κ3) is 6.66. The number of methoxy groups -OCH3 is 1. The van der Waals surface area contributed by atoms with Crippen LogP contribution in [0.2, 0.25) is 0 Å². The maximum atomic E-state index is 11.4. The third-order valence-electron chi connectivity index (χ3n) is 4.44. The predicted octanol–water partition coefficient (Wildman–Crippen LogP) is 2.13. The van der Waals surface area contributed by atoms with E-state index in [1.807, 2.05) is 19.1 Å². The number of carbonyl (C=O) groups is 1. The third-order valence-corrected chi connectivity index (χ3v) is 4.44. The van der Waals surface area contributed by atoms with Crippen LogP contribution < -0.4 is 15.0 Å². The van der Waals surface area contributed by atoms with Crippen molar-refractivity contribution in [2.75, 3.05) is 57.9 Å². The van der Waals surface area contributed by atoms with Crippen LogP contribution in [0.5, 0.6) is 5.75 Å². The summed E-state index contributed by atoms with van der Waals surface area (Å²) in [5.74, 6) is 1.66. The van der Waals surface area contributed by atoms with Gasteiger partial charge in [-0.05, 0) is 32.4 Å². The van der Waals surface area contributed by atoms with E-state index in [1.54, 1.807) is 7.11 Å². The van der Waals surface area contributed by atoms with E-state index >= 15 is 0 Å². The summed E-state index contributed by atoms with van der Waals surface area (Å²) in [5, 5.41) is 3.36. The van der Waals surface area contributed by atoms with Gasteiger partial charge in [0.2, 0.25) is 0 Å². The molecule has 0 atom stereocenters. The molecule has 1 heterocycles. The smallest absolute Gasteiger partial charge is 0.305 e. The number of hydrogen-bond acceptors (Lipinski definition) is 5. The molecule has 1 aliphatic rings. The van der Waals surface area contributed by atoms with Crippen LogP contribution in [-0.2, 0) is 9.53 Å². The zero-order valence-corrected chi connectivity index (χ0v) is 16.7. The number of benzene rings is 1. The molecule has 1 aliphatic heterocycles. The summed E-state index contributed by atoms with van der Waals surface area (Å²) in [6.45, 7) is 9.44. The summed E-state index contributed by atoms with van der Waals surface area (Å²) < 4.78 is 10.3. The highest BCUT2D eigenvalue weighted by molar-refractivity contribution is 5.80. The van der Waals surface area contributed by atoms with Crippen LogP contribution in [0.3, 0.4) is 0 Å². The van der Waals surface area contributed by atoms with Gasteiger partial charge in [-0.1, -0.05) is 6.07 Å². The summed E-state index contributed by atoms with van der Waals surface area (Å²) in [6.07, 6.45) is 1.12. The van der Waals surface area contributed by atoms with Gasteiger partial charge in [0, 0.05) is 57.4 Å². The van der Waals surface area contributed by atoms with Gasteiger partial charge in [-0.3, -0.25) is 9.79 Å². The molecule has 0 aliphatic carbocycles. The van der Waals surface area contributed by atoms with Crippen molar-refractivity contribution in [3.63, 3.8) is 0 Å². The van der Waals surface area contributed by atoms with E-state index in [9.17, 15) is 4.79 Å². The lowest BCUT2D eigenvalue weighted by molar-refractivity contribution is -0.143. The van der Waals surface area contributed by atoms with Gasteiger partial charge in [-0.25, -0.2) is 0 Å². The van der Waals surface area contributed by atoms with Gasteiger partial charge in [-0.15, -0.1) is 0 Å². The van der Waals surface area contributed by atoms with E-state index in [2.05, 4.69) is 39.2 Å². The Hall–Kier alpha value is -2.44. The lowest BCUT2D eigenvalue weighted by Gasteiger charge is -2.37. The van der Waals surface area contributed by atoms with Crippen LogP contribution in [0.4, 0.5) is 5.69 Å². The molecule has 1 aromatic rings. The average Bonchev–Trinajstić information content (AvgIpc) is 2.71. The van der Waals surface area contributed by atoms with E-state index in [4.69, 9.17) is 9.47 Å². The van der Waals surface area contributed by atoms with Crippen LogP contribution in [0.25, 0.3) is 0 Å². The van der Waals surface area contributed by atoms with E-state index in [0.717, 1.165) is 44.4 Å². The number of ether oxygens (including phenoxy) is 2. The van der Waals surface area contributed by atoms with Crippen LogP contribution in [0.1, 0.15) is 26.7 Å². The molecule has 1 aromatic carbocycles. The number of esters is 1. The largest absolute Gasteiger partial charge is 0.497 e. The second-order valence-corrected chi connectivity index (χ2v) is 6.32. The molecule has 27 heavy (non-hydrogen) atoms. The fourth-order valence-corrected chi connectivity index (χ4v) is 3.05. The summed E-state index contributed by atoms with van der Waals surface area (Å²) in [5.41, 5.74) is 1.19. The highest BCUT2D eigenvalue weighted by atomic mass is 16.5. The molecule has 150 valence electrons. The Balaban J connectivity index is 1.86. The van der Waals surface area contributed by atoms with E-state index in [1.165, 1.54) is 5.69 Å². The quantitative estimate of drug-likeness (QED) is 0.324. The molecule has 7 heteroatoms. The van der Waals surface area contributed by atoms with Crippen LogP contribution >= 0.6 is 0 Å². The number of carbonyl (C=O) groups excluding carboxylic acids is 1. The van der Waals surface area contributed by atoms with Crippen molar-refractivity contribution in [3.05, 3.63) is 24.3 Å². The molecule has 0 aromatic heterocycles. The highest BCUT2D eigenvalue weighted by Crippen LogP contribution is 2.22. The molecule has 1 fully saturated rings. The van der Waals surface area contributed by atoms with Gasteiger partial charge < -0.3 is 24.6 Å². The van der Waals surface area contributed by atoms with Gasteiger partial charge in [-0.2, -0.15) is 0 Å². The number of nitrogens with one attached hydrogen (secondary N) is 1. The lowest BCUT2D eigenvalue weighted by atomic mass is 10.2. The van der Waals surface area contributed by atoms with Gasteiger partial charge in [0.1, 0.15) is 5.75 Å². The van der Waals surface area contributed by atoms with Crippen LogP contribution in [0, 0.1) is 0 Å². The fraction of sp³-hybridized carbons (Fsp3) is 0.600. The van der Waals surface area contributed by atoms with Crippen molar-refractivity contribution in [2.24, 2.45) is 4.99 Å². The van der Waals surface area contributed by atoms with Gasteiger partial charge in [0.05, 0.1) is 13.7 Å². The van der Waals surface area contributed by atoms with Crippen LogP contribution in [0.15, 0.2) is 29.3 Å². The SMILES string of the molecule is CCNC(=NCCCC(=O)OCC)N1CCN(c2cccc(OC)c2)CC1. The van der Waals surface area contributed by atoms with Gasteiger partial charge in [0.15, 0.2) is 5.96 Å². The van der Waals surface area contributed by atoms with E-state index < -0.39 is 0 Å². The Morgan fingerprint density at radius 3 is 2.67 bits per heavy atom. The number of rotatable bonds is 8. The molecule has 0 saturated carbocycles. The lowest BCUT2D eigenvalue weighted by Crippen LogP contribution is -2.52. The van der Waals surface area contributed by atoms with Gasteiger partial charge in [0.25, 0.3) is 0 Å². The number of aliphatic imine (C=N–C) groups is 1. The van der Waals surface area contributed by atoms with E-state index in [0.29, 0.717) is 26.0 Å². The highest BCUT2D eigenvalue weighted by Gasteiger charge is 2.20. The number of anilines is 1. The van der Waals surface area contributed by atoms with Crippen LogP contribution in [-0.4, -0.2) is 69.8 Å². The summed E-state index contributed by atoms with van der Waals surface area (Å²) in [7, 11) is 1.69. The summed E-state index contributed by atoms with van der Waals surface area (Å²) in [4.78, 5) is 20.7. The van der Waals surface area contributed by atoms with E-state index in [-0.39, 0.29) is 5.97 Å². The average molecular weight is 377 g/mol. The summed E-state index contributed by atoms with van der Waals surface area (Å²) >= 11 is 0. The monoisotopic (exact) mass is 376 g/mol.